The maximum absolute atomic E-state index is 12.4. The Morgan fingerprint density at radius 2 is 1.79 bits per heavy atom. The Hall–Kier alpha value is -2.49. The van der Waals surface area contributed by atoms with Crippen molar-refractivity contribution in [3.05, 3.63) is 64.4 Å². The van der Waals surface area contributed by atoms with Gasteiger partial charge in [0.15, 0.2) is 0 Å². The number of hydrogen-bond acceptors (Lipinski definition) is 3. The van der Waals surface area contributed by atoms with Crippen LogP contribution in [0, 0.1) is 0 Å². The van der Waals surface area contributed by atoms with Crippen molar-refractivity contribution in [2.75, 3.05) is 0 Å². The number of hydrogen-bond donors (Lipinski definition) is 0. The van der Waals surface area contributed by atoms with E-state index >= 15 is 0 Å². The van der Waals surface area contributed by atoms with E-state index in [4.69, 9.17) is 4.42 Å². The molecule has 0 amide bonds. The molecule has 0 bridgehead atoms. The molecule has 0 unspecified atom stereocenters. The molecule has 0 aliphatic heterocycles. The van der Waals surface area contributed by atoms with Crippen molar-refractivity contribution in [3.63, 3.8) is 0 Å². The van der Waals surface area contributed by atoms with Gasteiger partial charge in [0.1, 0.15) is 12.3 Å². The molecule has 2 aromatic carbocycles. The minimum atomic E-state index is -0.518. The summed E-state index contributed by atoms with van der Waals surface area (Å²) in [4.78, 5) is 15.8. The predicted octanol–water partition coefficient (Wildman–Crippen LogP) is 3.32. The van der Waals surface area contributed by atoms with Crippen LogP contribution in [-0.2, 0) is 6.67 Å². The Morgan fingerprint density at radius 3 is 2.53 bits per heavy atom. The molecule has 0 saturated heterocycles. The molecule has 1 aromatic heterocycles. The fraction of sp³-hybridized carbons (Fsp3) is 0.0667. The highest BCUT2D eigenvalue weighted by Crippen LogP contribution is 2.20. The number of rotatable bonds is 2. The van der Waals surface area contributed by atoms with Crippen LogP contribution in [0.25, 0.3) is 22.4 Å². The van der Waals surface area contributed by atoms with E-state index in [9.17, 15) is 9.18 Å². The molecule has 3 aromatic rings. The van der Waals surface area contributed by atoms with Gasteiger partial charge in [-0.15, -0.1) is 0 Å². The first kappa shape index (κ1) is 11.6. The molecule has 1 heterocycles. The topological polar surface area (TPSA) is 43.1 Å². The normalized spacial score (nSPS) is 10.8. The smallest absolute Gasteiger partial charge is 0.284 e. The molecule has 3 rings (SSSR count). The zero-order valence-electron chi connectivity index (χ0n) is 9.97. The van der Waals surface area contributed by atoms with Crippen LogP contribution < -0.4 is 5.56 Å². The van der Waals surface area contributed by atoms with Crippen LogP contribution in [0.3, 0.4) is 0 Å². The monoisotopic (exact) mass is 255 g/mol. The largest absolute Gasteiger partial charge is 0.437 e. The summed E-state index contributed by atoms with van der Waals surface area (Å²) in [5, 5.41) is 0.451. The van der Waals surface area contributed by atoms with Crippen LogP contribution in [-0.4, -0.2) is 4.98 Å². The third kappa shape index (κ3) is 2.12. The number of halogens is 1. The Bertz CT molecular complexity index is 778. The van der Waals surface area contributed by atoms with Gasteiger partial charge in [-0.3, -0.25) is 4.79 Å². The second kappa shape index (κ2) is 4.65. The van der Waals surface area contributed by atoms with Crippen molar-refractivity contribution in [1.29, 1.82) is 0 Å². The molecule has 19 heavy (non-hydrogen) atoms. The quantitative estimate of drug-likeness (QED) is 0.705. The zero-order valence-corrected chi connectivity index (χ0v) is 9.97. The highest BCUT2D eigenvalue weighted by molar-refractivity contribution is 5.76. The number of aromatic nitrogens is 1. The summed E-state index contributed by atoms with van der Waals surface area (Å²) in [5.74, 6) is 0.245. The van der Waals surface area contributed by atoms with E-state index < -0.39 is 6.67 Å². The molecule has 0 radical (unpaired) electrons. The number of nitrogens with zero attached hydrogens (tertiary/aromatic N) is 1. The molecule has 0 atom stereocenters. The van der Waals surface area contributed by atoms with E-state index in [0.29, 0.717) is 22.1 Å². The SMILES string of the molecule is O=c1nc(-c2ccc(CF)cc2)oc2ccccc12. The summed E-state index contributed by atoms with van der Waals surface area (Å²) < 4.78 is 18.0. The molecule has 0 aliphatic carbocycles. The molecule has 3 nitrogen and oxygen atoms in total. The number of alkyl halides is 1. The lowest BCUT2D eigenvalue weighted by Crippen LogP contribution is -2.06. The average molecular weight is 255 g/mol. The van der Waals surface area contributed by atoms with Crippen LogP contribution in [0.1, 0.15) is 5.56 Å². The van der Waals surface area contributed by atoms with E-state index in [-0.39, 0.29) is 11.4 Å². The second-order valence-corrected chi connectivity index (χ2v) is 4.15. The number of para-hydroxylation sites is 1. The van der Waals surface area contributed by atoms with Crippen LogP contribution in [0.4, 0.5) is 4.39 Å². The highest BCUT2D eigenvalue weighted by atomic mass is 19.1. The fourth-order valence-corrected chi connectivity index (χ4v) is 1.87. The Kier molecular flexibility index (Phi) is 2.83. The molecular weight excluding hydrogens is 245 g/mol. The molecule has 0 fully saturated rings. The van der Waals surface area contributed by atoms with Gasteiger partial charge in [0.2, 0.25) is 5.89 Å². The van der Waals surface area contributed by atoms with Crippen LogP contribution in [0.2, 0.25) is 0 Å². The van der Waals surface area contributed by atoms with Crippen LogP contribution in [0.5, 0.6) is 0 Å². The highest BCUT2D eigenvalue weighted by Gasteiger charge is 2.07. The van der Waals surface area contributed by atoms with Crippen molar-refractivity contribution in [2.45, 2.75) is 6.67 Å². The average Bonchev–Trinajstić information content (AvgIpc) is 2.47. The van der Waals surface area contributed by atoms with Crippen LogP contribution >= 0.6 is 0 Å². The standard InChI is InChI=1S/C15H10FNO2/c16-9-10-5-7-11(8-6-10)15-17-14(18)12-3-1-2-4-13(12)19-15/h1-8H,9H2. The van der Waals surface area contributed by atoms with E-state index in [1.807, 2.05) is 0 Å². The Balaban J connectivity index is 2.16. The van der Waals surface area contributed by atoms with E-state index in [0.717, 1.165) is 0 Å². The van der Waals surface area contributed by atoms with Gasteiger partial charge >= 0.3 is 0 Å². The zero-order chi connectivity index (χ0) is 13.2. The van der Waals surface area contributed by atoms with Gasteiger partial charge in [0.05, 0.1) is 5.39 Å². The van der Waals surface area contributed by atoms with Gasteiger partial charge < -0.3 is 4.42 Å². The molecule has 0 aliphatic rings. The first-order valence-electron chi connectivity index (χ1n) is 5.83. The van der Waals surface area contributed by atoms with Gasteiger partial charge in [-0.25, -0.2) is 4.39 Å². The Morgan fingerprint density at radius 1 is 1.05 bits per heavy atom. The minimum Gasteiger partial charge on any atom is -0.437 e. The lowest BCUT2D eigenvalue weighted by atomic mass is 10.1. The predicted molar refractivity (Wildman–Crippen MR) is 70.5 cm³/mol. The summed E-state index contributed by atoms with van der Waals surface area (Å²) in [5.41, 5.74) is 1.39. The molecule has 0 saturated carbocycles. The Labute approximate surface area is 108 Å². The van der Waals surface area contributed by atoms with Crippen molar-refractivity contribution in [3.8, 4) is 11.5 Å². The third-order valence-electron chi connectivity index (χ3n) is 2.88. The van der Waals surface area contributed by atoms with Gasteiger partial charge in [0.25, 0.3) is 5.56 Å². The molecule has 0 N–H and O–H groups in total. The second-order valence-electron chi connectivity index (χ2n) is 4.15. The minimum absolute atomic E-state index is 0.245. The lowest BCUT2D eigenvalue weighted by molar-refractivity contribution is 0.485. The fourth-order valence-electron chi connectivity index (χ4n) is 1.87. The maximum Gasteiger partial charge on any atom is 0.284 e. The van der Waals surface area contributed by atoms with Crippen molar-refractivity contribution in [1.82, 2.24) is 4.98 Å². The van der Waals surface area contributed by atoms with Gasteiger partial charge in [-0.2, -0.15) is 4.98 Å². The molecule has 94 valence electrons. The van der Waals surface area contributed by atoms with Crippen molar-refractivity contribution >= 4 is 11.0 Å². The summed E-state index contributed by atoms with van der Waals surface area (Å²) in [6.45, 7) is -0.518. The van der Waals surface area contributed by atoms with Gasteiger partial charge in [-0.1, -0.05) is 24.3 Å². The summed E-state index contributed by atoms with van der Waals surface area (Å²) >= 11 is 0. The molecule has 4 heteroatoms. The van der Waals surface area contributed by atoms with Crippen molar-refractivity contribution < 1.29 is 8.81 Å². The number of benzene rings is 2. The van der Waals surface area contributed by atoms with Crippen molar-refractivity contribution in [2.24, 2.45) is 0 Å². The van der Waals surface area contributed by atoms with E-state index in [1.54, 1.807) is 48.5 Å². The lowest BCUT2D eigenvalue weighted by Gasteiger charge is -2.02. The van der Waals surface area contributed by atoms with Gasteiger partial charge in [-0.05, 0) is 29.8 Å². The number of fused-ring (bicyclic) bond motifs is 1. The molecule has 0 spiro atoms. The van der Waals surface area contributed by atoms with E-state index in [2.05, 4.69) is 4.98 Å². The molecular formula is C15H10FNO2. The summed E-state index contributed by atoms with van der Waals surface area (Å²) in [7, 11) is 0. The summed E-state index contributed by atoms with van der Waals surface area (Å²) in [6, 6.07) is 13.6. The van der Waals surface area contributed by atoms with E-state index in [1.165, 1.54) is 0 Å². The first-order chi connectivity index (χ1) is 9.28. The third-order valence-corrected chi connectivity index (χ3v) is 2.88. The summed E-state index contributed by atoms with van der Waals surface area (Å²) in [6.07, 6.45) is 0. The van der Waals surface area contributed by atoms with Crippen LogP contribution in [0.15, 0.2) is 57.7 Å². The van der Waals surface area contributed by atoms with Gasteiger partial charge in [0, 0.05) is 5.56 Å². The first-order valence-corrected chi connectivity index (χ1v) is 5.83. The maximum atomic E-state index is 12.4.